The molecule has 0 aliphatic heterocycles. The molecule has 0 spiro atoms. The first kappa shape index (κ1) is 22.5. The minimum atomic E-state index is -0.598. The van der Waals surface area contributed by atoms with Crippen LogP contribution in [-0.2, 0) is 11.3 Å². The van der Waals surface area contributed by atoms with E-state index >= 15 is 0 Å². The van der Waals surface area contributed by atoms with Crippen molar-refractivity contribution in [2.24, 2.45) is 0 Å². The van der Waals surface area contributed by atoms with Gasteiger partial charge in [0, 0.05) is 4.47 Å². The Balaban J connectivity index is 1.51. The quantitative estimate of drug-likeness (QED) is 0.329. The van der Waals surface area contributed by atoms with Crippen molar-refractivity contribution in [2.75, 3.05) is 14.2 Å². The van der Waals surface area contributed by atoms with Crippen molar-refractivity contribution in [2.45, 2.75) is 20.5 Å². The average Bonchev–Trinajstić information content (AvgIpc) is 3.39. The maximum atomic E-state index is 12.7. The molecule has 2 aromatic carbocycles. The summed E-state index contributed by atoms with van der Waals surface area (Å²) >= 11 is 3.40. The van der Waals surface area contributed by atoms with Gasteiger partial charge in [0.05, 0.1) is 31.2 Å². The van der Waals surface area contributed by atoms with Crippen molar-refractivity contribution < 1.29 is 23.4 Å². The van der Waals surface area contributed by atoms with Crippen LogP contribution in [0.5, 0.6) is 11.5 Å². The zero-order chi connectivity index (χ0) is 23.5. The van der Waals surface area contributed by atoms with Gasteiger partial charge in [0.25, 0.3) is 0 Å². The Morgan fingerprint density at radius 1 is 1.09 bits per heavy atom. The van der Waals surface area contributed by atoms with Crippen LogP contribution < -0.4 is 9.47 Å². The third-order valence-electron chi connectivity index (χ3n) is 5.03. The lowest BCUT2D eigenvalue weighted by Crippen LogP contribution is -2.09. The topological polar surface area (TPSA) is 102 Å². The Hall–Kier alpha value is -3.66. The molecule has 0 aliphatic rings. The Morgan fingerprint density at radius 3 is 2.55 bits per heavy atom. The van der Waals surface area contributed by atoms with Crippen molar-refractivity contribution in [1.82, 2.24) is 20.0 Å². The van der Waals surface area contributed by atoms with Crippen molar-refractivity contribution >= 4 is 21.9 Å². The first-order valence-corrected chi connectivity index (χ1v) is 10.7. The molecule has 2 heterocycles. The van der Waals surface area contributed by atoms with Gasteiger partial charge < -0.3 is 18.6 Å². The fourth-order valence-electron chi connectivity index (χ4n) is 3.28. The summed E-state index contributed by atoms with van der Waals surface area (Å²) in [7, 11) is 3.10. The van der Waals surface area contributed by atoms with Crippen molar-refractivity contribution in [3.05, 3.63) is 69.8 Å². The summed E-state index contributed by atoms with van der Waals surface area (Å²) in [5, 5.41) is 8.08. The predicted molar refractivity (Wildman–Crippen MR) is 123 cm³/mol. The molecule has 4 aromatic rings. The van der Waals surface area contributed by atoms with Crippen LogP contribution in [0, 0.1) is 13.8 Å². The normalized spacial score (nSPS) is 10.8. The molecule has 10 heteroatoms. The molecule has 0 atom stereocenters. The molecule has 2 aromatic heterocycles. The van der Waals surface area contributed by atoms with Crippen LogP contribution in [0.15, 0.2) is 51.4 Å². The molecule has 0 aliphatic carbocycles. The molecule has 0 fully saturated rings. The number of nitrogens with zero attached hydrogens (tertiary/aromatic N) is 4. The van der Waals surface area contributed by atoms with E-state index in [9.17, 15) is 4.79 Å². The van der Waals surface area contributed by atoms with Gasteiger partial charge in [-0.3, -0.25) is 0 Å². The standard InChI is InChI=1S/C23H21BrN4O5/c1-13-20(26-27-28(13)16-10-8-15(24)9-11-16)23(29)32-12-18-14(2)33-22(25-18)17-6-5-7-19(30-3)21(17)31-4/h5-11H,12H2,1-4H3. The molecule has 0 bridgehead atoms. The van der Waals surface area contributed by atoms with E-state index in [1.165, 1.54) is 0 Å². The van der Waals surface area contributed by atoms with Crippen molar-refractivity contribution in [1.29, 1.82) is 0 Å². The number of ether oxygens (including phenoxy) is 3. The Labute approximate surface area is 198 Å². The number of carbonyl (C=O) groups is 1. The van der Waals surface area contributed by atoms with Crippen LogP contribution in [0.3, 0.4) is 0 Å². The highest BCUT2D eigenvalue weighted by Gasteiger charge is 2.22. The highest BCUT2D eigenvalue weighted by molar-refractivity contribution is 9.10. The molecule has 9 nitrogen and oxygen atoms in total. The van der Waals surface area contributed by atoms with Gasteiger partial charge in [-0.15, -0.1) is 5.10 Å². The monoisotopic (exact) mass is 512 g/mol. The van der Waals surface area contributed by atoms with Crippen LogP contribution in [0.2, 0.25) is 0 Å². The van der Waals surface area contributed by atoms with E-state index in [4.69, 9.17) is 18.6 Å². The first-order chi connectivity index (χ1) is 15.9. The van der Waals surface area contributed by atoms with Crippen molar-refractivity contribution in [3.8, 4) is 28.6 Å². The summed E-state index contributed by atoms with van der Waals surface area (Å²) < 4.78 is 24.6. The van der Waals surface area contributed by atoms with Crippen molar-refractivity contribution in [3.63, 3.8) is 0 Å². The summed E-state index contributed by atoms with van der Waals surface area (Å²) in [6.07, 6.45) is 0. The highest BCUT2D eigenvalue weighted by Crippen LogP contribution is 2.38. The lowest BCUT2D eigenvalue weighted by molar-refractivity contribution is 0.0459. The Bertz CT molecular complexity index is 1300. The number of oxazole rings is 1. The number of para-hydroxylation sites is 1. The minimum absolute atomic E-state index is 0.0783. The van der Waals surface area contributed by atoms with Crippen LogP contribution >= 0.6 is 15.9 Å². The summed E-state index contributed by atoms with van der Waals surface area (Å²) in [6, 6.07) is 12.9. The third kappa shape index (κ3) is 4.47. The SMILES string of the molecule is COc1cccc(-c2nc(COC(=O)c3nnn(-c4ccc(Br)cc4)c3C)c(C)o2)c1OC. The molecular formula is C23H21BrN4O5. The van der Waals surface area contributed by atoms with Crippen LogP contribution in [0.4, 0.5) is 0 Å². The zero-order valence-corrected chi connectivity index (χ0v) is 20.0. The van der Waals surface area contributed by atoms with E-state index < -0.39 is 5.97 Å². The molecule has 4 rings (SSSR count). The Morgan fingerprint density at radius 2 is 1.85 bits per heavy atom. The number of rotatable bonds is 7. The molecular weight excluding hydrogens is 492 g/mol. The molecule has 170 valence electrons. The molecule has 0 radical (unpaired) electrons. The molecule has 0 saturated carbocycles. The Kier molecular flexibility index (Phi) is 6.45. The molecule has 0 saturated heterocycles. The van der Waals surface area contributed by atoms with Gasteiger partial charge in [-0.2, -0.15) is 0 Å². The summed E-state index contributed by atoms with van der Waals surface area (Å²) in [5.41, 5.74) is 2.60. The fourth-order valence-corrected chi connectivity index (χ4v) is 3.54. The maximum absolute atomic E-state index is 12.7. The second-order valence-electron chi connectivity index (χ2n) is 7.05. The predicted octanol–water partition coefficient (Wildman–Crippen LogP) is 4.68. The number of esters is 1. The number of methoxy groups -OCH3 is 2. The maximum Gasteiger partial charge on any atom is 0.361 e. The number of hydrogen-bond acceptors (Lipinski definition) is 8. The number of benzene rings is 2. The third-order valence-corrected chi connectivity index (χ3v) is 5.55. The average molecular weight is 513 g/mol. The van der Waals surface area contributed by atoms with E-state index in [0.29, 0.717) is 40.1 Å². The van der Waals surface area contributed by atoms with Gasteiger partial charge in [-0.25, -0.2) is 14.5 Å². The molecule has 0 unspecified atom stereocenters. The van der Waals surface area contributed by atoms with Gasteiger partial charge in [0.2, 0.25) is 5.89 Å². The van der Waals surface area contributed by atoms with E-state index in [2.05, 4.69) is 31.2 Å². The lowest BCUT2D eigenvalue weighted by atomic mass is 10.2. The molecule has 0 N–H and O–H groups in total. The second kappa shape index (κ2) is 9.45. The summed E-state index contributed by atoms with van der Waals surface area (Å²) in [5.74, 6) is 1.33. The lowest BCUT2D eigenvalue weighted by Gasteiger charge is -2.09. The van der Waals surface area contributed by atoms with Gasteiger partial charge in [-0.1, -0.05) is 27.2 Å². The smallest absolute Gasteiger partial charge is 0.361 e. The van der Waals surface area contributed by atoms with Gasteiger partial charge in [0.15, 0.2) is 17.2 Å². The number of aryl methyl sites for hydroxylation is 1. The van der Waals surface area contributed by atoms with Crippen LogP contribution in [-0.4, -0.2) is 40.2 Å². The minimum Gasteiger partial charge on any atom is -0.493 e. The van der Waals surface area contributed by atoms with Crippen LogP contribution in [0.25, 0.3) is 17.1 Å². The largest absolute Gasteiger partial charge is 0.493 e. The second-order valence-corrected chi connectivity index (χ2v) is 7.97. The number of halogens is 1. The van der Waals surface area contributed by atoms with E-state index in [0.717, 1.165) is 10.2 Å². The summed E-state index contributed by atoms with van der Waals surface area (Å²) in [6.45, 7) is 3.43. The molecule has 0 amide bonds. The zero-order valence-electron chi connectivity index (χ0n) is 18.5. The van der Waals surface area contributed by atoms with Gasteiger partial charge in [-0.05, 0) is 50.2 Å². The highest BCUT2D eigenvalue weighted by atomic mass is 79.9. The fraction of sp³-hybridized carbons (Fsp3) is 0.217. The van der Waals surface area contributed by atoms with E-state index in [-0.39, 0.29) is 12.3 Å². The van der Waals surface area contributed by atoms with Gasteiger partial charge >= 0.3 is 5.97 Å². The number of carbonyl (C=O) groups excluding carboxylic acids is 1. The van der Waals surface area contributed by atoms with E-state index in [1.54, 1.807) is 38.8 Å². The number of aromatic nitrogens is 4. The van der Waals surface area contributed by atoms with Gasteiger partial charge in [0.1, 0.15) is 18.1 Å². The summed E-state index contributed by atoms with van der Waals surface area (Å²) in [4.78, 5) is 17.2. The van der Waals surface area contributed by atoms with E-state index in [1.807, 2.05) is 36.4 Å². The number of hydrogen-bond donors (Lipinski definition) is 0. The van der Waals surface area contributed by atoms with Crippen LogP contribution in [0.1, 0.15) is 27.6 Å². The first-order valence-electron chi connectivity index (χ1n) is 9.96. The molecule has 33 heavy (non-hydrogen) atoms.